The fourth-order valence-corrected chi connectivity index (χ4v) is 10.1. The largest absolute Gasteiger partial charge is 0.416 e. The van der Waals surface area contributed by atoms with Gasteiger partial charge in [0.15, 0.2) is 0 Å². The van der Waals surface area contributed by atoms with Crippen molar-refractivity contribution in [1.29, 1.82) is 0 Å². The van der Waals surface area contributed by atoms with Crippen LogP contribution in [-0.2, 0) is 20.5 Å². The van der Waals surface area contributed by atoms with Crippen LogP contribution in [0.15, 0.2) is 97.1 Å². The van der Waals surface area contributed by atoms with E-state index in [0.29, 0.717) is 48.7 Å². The number of carbonyl (C=O) groups excluding carboxylic acids is 3. The van der Waals surface area contributed by atoms with Gasteiger partial charge in [0.2, 0.25) is 11.8 Å². The molecule has 0 aliphatic carbocycles. The lowest BCUT2D eigenvalue weighted by Crippen LogP contribution is -2.44. The van der Waals surface area contributed by atoms with Crippen molar-refractivity contribution in [2.75, 3.05) is 52.4 Å². The molecule has 3 aliphatic rings. The third-order valence-corrected chi connectivity index (χ3v) is 14.5. The zero-order valence-corrected chi connectivity index (χ0v) is 41.9. The van der Waals surface area contributed by atoms with E-state index in [-0.39, 0.29) is 36.1 Å². The van der Waals surface area contributed by atoms with Crippen molar-refractivity contribution in [3.8, 4) is 22.3 Å². The Balaban J connectivity index is 0.618. The molecular formula is C58H77F3N6O4. The van der Waals surface area contributed by atoms with Crippen LogP contribution >= 0.6 is 0 Å². The maximum absolute atomic E-state index is 13.3. The number of ether oxygens (including phenoxy) is 1. The van der Waals surface area contributed by atoms with E-state index < -0.39 is 11.7 Å². The van der Waals surface area contributed by atoms with Crippen LogP contribution in [0.5, 0.6) is 0 Å². The molecule has 0 saturated carbocycles. The molecule has 3 aliphatic heterocycles. The van der Waals surface area contributed by atoms with Gasteiger partial charge in [0.05, 0.1) is 5.56 Å². The predicted octanol–water partition coefficient (Wildman–Crippen LogP) is 11.0. The smallest absolute Gasteiger partial charge is 0.356 e. The van der Waals surface area contributed by atoms with Crippen molar-refractivity contribution in [3.05, 3.63) is 119 Å². The van der Waals surface area contributed by atoms with Crippen molar-refractivity contribution in [2.45, 2.75) is 147 Å². The molecule has 0 radical (unpaired) electrons. The molecule has 2 unspecified atom stereocenters. The minimum absolute atomic E-state index is 0.0443. The molecule has 3 amide bonds. The topological polar surface area (TPSA) is 118 Å². The maximum atomic E-state index is 13.3. The number of epoxide rings is 1. The summed E-state index contributed by atoms with van der Waals surface area (Å²) in [5.74, 6) is 0.0393. The summed E-state index contributed by atoms with van der Waals surface area (Å²) in [7, 11) is 0. The molecule has 71 heavy (non-hydrogen) atoms. The van der Waals surface area contributed by atoms with E-state index in [9.17, 15) is 27.6 Å². The van der Waals surface area contributed by atoms with Crippen LogP contribution in [0.2, 0.25) is 0 Å². The summed E-state index contributed by atoms with van der Waals surface area (Å²) in [5.41, 5.74) is 5.94. The fraction of sp³-hybridized carbons (Fsp3) is 0.534. The predicted molar refractivity (Wildman–Crippen MR) is 277 cm³/mol. The number of hydrogen-bond acceptors (Lipinski definition) is 7. The van der Waals surface area contributed by atoms with E-state index >= 15 is 0 Å². The molecule has 0 aromatic heterocycles. The van der Waals surface area contributed by atoms with E-state index in [1.165, 1.54) is 40.8 Å². The Morgan fingerprint density at radius 2 is 1.07 bits per heavy atom. The van der Waals surface area contributed by atoms with Crippen LogP contribution in [-0.4, -0.2) is 98.2 Å². The van der Waals surface area contributed by atoms with E-state index in [4.69, 9.17) is 4.74 Å². The molecule has 3 heterocycles. The lowest BCUT2D eigenvalue weighted by molar-refractivity contribution is -0.137. The number of hydrogen-bond donors (Lipinski definition) is 4. The number of benzene rings is 4. The zero-order valence-electron chi connectivity index (χ0n) is 41.9. The molecule has 4 aromatic rings. The van der Waals surface area contributed by atoms with E-state index in [2.05, 4.69) is 86.5 Å². The molecule has 3 saturated heterocycles. The van der Waals surface area contributed by atoms with Crippen molar-refractivity contribution in [3.63, 3.8) is 0 Å². The van der Waals surface area contributed by atoms with Gasteiger partial charge in [-0.3, -0.25) is 19.7 Å². The van der Waals surface area contributed by atoms with Crippen molar-refractivity contribution < 1.29 is 32.3 Å². The number of piperidine rings is 2. The first-order valence-corrected chi connectivity index (χ1v) is 26.6. The van der Waals surface area contributed by atoms with Crippen LogP contribution < -0.4 is 21.3 Å². The highest BCUT2D eigenvalue weighted by Gasteiger charge is 2.43. The third kappa shape index (κ3) is 17.6. The van der Waals surface area contributed by atoms with Gasteiger partial charge >= 0.3 is 6.18 Å². The Morgan fingerprint density at radius 1 is 0.577 bits per heavy atom. The highest BCUT2D eigenvalue weighted by Crippen LogP contribution is 2.42. The second kappa shape index (κ2) is 27.7. The van der Waals surface area contributed by atoms with Crippen LogP contribution in [0.1, 0.15) is 142 Å². The molecule has 0 spiro atoms. The second-order valence-electron chi connectivity index (χ2n) is 20.0. The van der Waals surface area contributed by atoms with Crippen LogP contribution in [0.3, 0.4) is 0 Å². The molecule has 4 N–H and O–H groups in total. The lowest BCUT2D eigenvalue weighted by atomic mass is 9.96. The molecule has 10 nitrogen and oxygen atoms in total. The normalized spacial score (nSPS) is 18.0. The monoisotopic (exact) mass is 979 g/mol. The summed E-state index contributed by atoms with van der Waals surface area (Å²) in [6.45, 7) is 9.62. The van der Waals surface area contributed by atoms with Gasteiger partial charge in [-0.25, -0.2) is 0 Å². The molecule has 13 heteroatoms. The van der Waals surface area contributed by atoms with Gasteiger partial charge in [0.25, 0.3) is 5.91 Å². The number of nitrogens with one attached hydrogen (secondary N) is 4. The first-order chi connectivity index (χ1) is 34.5. The minimum atomic E-state index is -4.41. The Labute approximate surface area is 420 Å². The summed E-state index contributed by atoms with van der Waals surface area (Å²) in [6.07, 6.45) is 12.1. The highest BCUT2D eigenvalue weighted by molar-refractivity contribution is 6.01. The molecule has 2 atom stereocenters. The average molecular weight is 979 g/mol. The number of halogens is 3. The van der Waals surface area contributed by atoms with Gasteiger partial charge < -0.3 is 30.5 Å². The molecule has 384 valence electrons. The third-order valence-electron chi connectivity index (χ3n) is 14.5. The Morgan fingerprint density at radius 3 is 1.66 bits per heavy atom. The van der Waals surface area contributed by atoms with Crippen LogP contribution in [0.4, 0.5) is 13.2 Å². The van der Waals surface area contributed by atoms with Gasteiger partial charge in [0.1, 0.15) is 12.3 Å². The summed E-state index contributed by atoms with van der Waals surface area (Å²) >= 11 is 0. The van der Waals surface area contributed by atoms with E-state index in [1.807, 2.05) is 0 Å². The second-order valence-corrected chi connectivity index (χ2v) is 20.0. The lowest BCUT2D eigenvalue weighted by Gasteiger charge is -2.32. The van der Waals surface area contributed by atoms with Crippen molar-refractivity contribution in [1.82, 2.24) is 31.1 Å². The number of unbranched alkanes of at least 4 members (excludes halogenated alkanes) is 8. The van der Waals surface area contributed by atoms with Gasteiger partial charge in [-0.2, -0.15) is 13.2 Å². The van der Waals surface area contributed by atoms with Gasteiger partial charge in [-0.05, 0) is 150 Å². The molecule has 4 aromatic carbocycles. The number of alkyl halides is 3. The van der Waals surface area contributed by atoms with Crippen LogP contribution in [0, 0.1) is 6.92 Å². The number of amides is 3. The Hall–Kier alpha value is -5.08. The SMILES string of the molecule is Cc1ccc(-c2ccccc2C2OC2NC2CCN(CCCCCCC(=O)NCCCCCNC(=O)CCCCCCN3CCC(NC(=O)c4ccccc4-c4ccc(C(F)(F)F)cc4)CC3)CC2)cc1. The quantitative estimate of drug-likeness (QED) is 0.0347. The summed E-state index contributed by atoms with van der Waals surface area (Å²) in [6, 6.07) is 29.8. The fourth-order valence-electron chi connectivity index (χ4n) is 10.1. The summed E-state index contributed by atoms with van der Waals surface area (Å²) in [5, 5.41) is 13.1. The molecule has 0 bridgehead atoms. The highest BCUT2D eigenvalue weighted by atomic mass is 19.4. The summed E-state index contributed by atoms with van der Waals surface area (Å²) in [4.78, 5) is 43.0. The average Bonchev–Trinajstić information content (AvgIpc) is 4.15. The molecule has 3 fully saturated rings. The standard InChI is InChI=1S/C58H77F3N6O4/c1-43-23-25-44(26-24-43)49-17-9-11-19-51(49)55-57(71-55)65-48-33-41-67(42-34-48)38-16-5-3-8-22-54(69)63-36-14-6-13-35-62-53(68)21-7-2-4-15-37-66-39-31-47(32-40-66)64-56(70)52-20-12-10-18-50(52)45-27-29-46(30-28-45)58(59,60)61/h9-12,17-20,23-30,47-48,55,57,65H,2-8,13-16,21-22,31-42H2,1H3,(H,62,68)(H,63,69)(H,64,70). The van der Waals surface area contributed by atoms with Crippen LogP contribution in [0.25, 0.3) is 22.3 Å². The van der Waals surface area contributed by atoms with E-state index in [0.717, 1.165) is 141 Å². The first kappa shape index (κ1) is 53.7. The summed E-state index contributed by atoms with van der Waals surface area (Å²) < 4.78 is 45.4. The molecular weight excluding hydrogens is 902 g/mol. The van der Waals surface area contributed by atoms with E-state index in [1.54, 1.807) is 24.3 Å². The van der Waals surface area contributed by atoms with Gasteiger partial charge in [0, 0.05) is 56.7 Å². The minimum Gasteiger partial charge on any atom is -0.356 e. The van der Waals surface area contributed by atoms with Crippen molar-refractivity contribution in [2.24, 2.45) is 0 Å². The Kier molecular flexibility index (Phi) is 20.9. The van der Waals surface area contributed by atoms with Gasteiger partial charge in [-0.15, -0.1) is 0 Å². The number of aryl methyl sites for hydroxylation is 1. The first-order valence-electron chi connectivity index (χ1n) is 26.6. The van der Waals surface area contributed by atoms with Gasteiger partial charge in [-0.1, -0.05) is 110 Å². The van der Waals surface area contributed by atoms with Crippen molar-refractivity contribution >= 4 is 17.7 Å². The number of rotatable bonds is 27. The number of likely N-dealkylation sites (tertiary alicyclic amines) is 2. The Bertz CT molecular complexity index is 2260. The zero-order chi connectivity index (χ0) is 49.8. The number of carbonyl (C=O) groups is 3. The molecule has 7 rings (SSSR count). The maximum Gasteiger partial charge on any atom is 0.416 e. The number of nitrogens with zero attached hydrogens (tertiary/aromatic N) is 2.